The lowest BCUT2D eigenvalue weighted by Gasteiger charge is -2.34. The molecule has 1 aromatic carbocycles. The highest BCUT2D eigenvalue weighted by atomic mass is 16.5. The van der Waals surface area contributed by atoms with Gasteiger partial charge in [0.05, 0.1) is 6.10 Å². The van der Waals surface area contributed by atoms with Gasteiger partial charge in [-0.05, 0) is 62.2 Å². The van der Waals surface area contributed by atoms with Crippen molar-refractivity contribution in [2.45, 2.75) is 58.2 Å². The van der Waals surface area contributed by atoms with E-state index in [-0.39, 0.29) is 0 Å². The van der Waals surface area contributed by atoms with Crippen LogP contribution in [0.15, 0.2) is 29.3 Å². The molecule has 2 fully saturated rings. The largest absolute Gasteiger partial charge is 0.385 e. The van der Waals surface area contributed by atoms with Crippen LogP contribution in [0.25, 0.3) is 0 Å². The Morgan fingerprint density at radius 2 is 1.68 bits per heavy atom. The fraction of sp³-hybridized carbons (Fsp3) is 0.720. The van der Waals surface area contributed by atoms with Crippen LogP contribution in [-0.4, -0.2) is 75.4 Å². The van der Waals surface area contributed by atoms with E-state index in [9.17, 15) is 0 Å². The Kier molecular flexibility index (Phi) is 10.1. The number of methoxy groups -OCH3 is 1. The van der Waals surface area contributed by atoms with E-state index in [4.69, 9.17) is 9.47 Å². The van der Waals surface area contributed by atoms with Crippen LogP contribution in [0.3, 0.4) is 0 Å². The van der Waals surface area contributed by atoms with Gasteiger partial charge in [-0.15, -0.1) is 0 Å². The summed E-state index contributed by atoms with van der Waals surface area (Å²) < 4.78 is 11.1. The van der Waals surface area contributed by atoms with Crippen LogP contribution in [0, 0.1) is 5.92 Å². The monoisotopic (exact) mass is 430 g/mol. The quantitative estimate of drug-likeness (QED) is 0.369. The van der Waals surface area contributed by atoms with Crippen molar-refractivity contribution in [3.8, 4) is 0 Å². The van der Waals surface area contributed by atoms with Gasteiger partial charge >= 0.3 is 0 Å². The van der Waals surface area contributed by atoms with Crippen molar-refractivity contribution in [2.75, 3.05) is 53.6 Å². The van der Waals surface area contributed by atoms with Gasteiger partial charge in [-0.3, -0.25) is 9.89 Å². The SMILES string of the molecule is CN=C(NCc1ccc(CN2CCC(C)CC2)cc1)N1CCC(OCCCOC)CC1. The number of hydrogen-bond donors (Lipinski definition) is 1. The first-order valence-electron chi connectivity index (χ1n) is 12.0. The molecule has 31 heavy (non-hydrogen) atoms. The maximum absolute atomic E-state index is 5.98. The number of piperidine rings is 2. The average molecular weight is 431 g/mol. The minimum atomic E-state index is 0.363. The molecule has 2 aliphatic rings. The Morgan fingerprint density at radius 3 is 2.32 bits per heavy atom. The Morgan fingerprint density at radius 1 is 1.00 bits per heavy atom. The number of benzene rings is 1. The third kappa shape index (κ3) is 8.09. The predicted octanol–water partition coefficient (Wildman–Crippen LogP) is 3.51. The molecule has 0 bridgehead atoms. The van der Waals surface area contributed by atoms with Gasteiger partial charge in [0.15, 0.2) is 5.96 Å². The van der Waals surface area contributed by atoms with Crippen LogP contribution in [-0.2, 0) is 22.6 Å². The fourth-order valence-corrected chi connectivity index (χ4v) is 4.44. The summed E-state index contributed by atoms with van der Waals surface area (Å²) in [6.45, 7) is 10.3. The van der Waals surface area contributed by atoms with Crippen molar-refractivity contribution in [2.24, 2.45) is 10.9 Å². The Bertz CT molecular complexity index is 648. The van der Waals surface area contributed by atoms with Crippen LogP contribution < -0.4 is 5.32 Å². The van der Waals surface area contributed by atoms with E-state index >= 15 is 0 Å². The van der Waals surface area contributed by atoms with Gasteiger partial charge in [-0.1, -0.05) is 31.2 Å². The van der Waals surface area contributed by atoms with Crippen molar-refractivity contribution in [3.63, 3.8) is 0 Å². The van der Waals surface area contributed by atoms with Crippen molar-refractivity contribution >= 4 is 5.96 Å². The molecule has 0 atom stereocenters. The molecule has 0 aromatic heterocycles. The lowest BCUT2D eigenvalue weighted by atomic mass is 9.99. The van der Waals surface area contributed by atoms with Crippen LogP contribution in [0.4, 0.5) is 0 Å². The summed E-state index contributed by atoms with van der Waals surface area (Å²) >= 11 is 0. The molecule has 174 valence electrons. The molecular formula is C25H42N4O2. The molecule has 1 aromatic rings. The third-order valence-electron chi connectivity index (χ3n) is 6.56. The molecule has 6 nitrogen and oxygen atoms in total. The summed E-state index contributed by atoms with van der Waals surface area (Å²) in [4.78, 5) is 9.44. The third-order valence-corrected chi connectivity index (χ3v) is 6.56. The number of nitrogens with one attached hydrogen (secondary N) is 1. The Hall–Kier alpha value is -1.63. The van der Waals surface area contributed by atoms with Crippen molar-refractivity contribution < 1.29 is 9.47 Å². The predicted molar refractivity (Wildman–Crippen MR) is 127 cm³/mol. The molecular weight excluding hydrogens is 388 g/mol. The van der Waals surface area contributed by atoms with E-state index in [2.05, 4.69) is 51.3 Å². The van der Waals surface area contributed by atoms with Gasteiger partial charge in [0.2, 0.25) is 0 Å². The number of likely N-dealkylation sites (tertiary alicyclic amines) is 2. The first kappa shape index (κ1) is 24.0. The van der Waals surface area contributed by atoms with E-state index in [0.29, 0.717) is 6.10 Å². The minimum Gasteiger partial charge on any atom is -0.385 e. The normalized spacial score (nSPS) is 19.7. The molecule has 0 aliphatic carbocycles. The molecule has 2 aliphatic heterocycles. The summed E-state index contributed by atoms with van der Waals surface area (Å²) in [5.74, 6) is 1.88. The van der Waals surface area contributed by atoms with Crippen molar-refractivity contribution in [3.05, 3.63) is 35.4 Å². The van der Waals surface area contributed by atoms with Crippen molar-refractivity contribution in [1.29, 1.82) is 0 Å². The van der Waals surface area contributed by atoms with Gasteiger partial charge in [0.25, 0.3) is 0 Å². The molecule has 6 heteroatoms. The summed E-state index contributed by atoms with van der Waals surface area (Å²) in [7, 11) is 3.61. The molecule has 2 saturated heterocycles. The molecule has 1 N–H and O–H groups in total. The van der Waals surface area contributed by atoms with E-state index in [1.54, 1.807) is 7.11 Å². The first-order valence-corrected chi connectivity index (χ1v) is 12.0. The Labute approximate surface area is 189 Å². The fourth-order valence-electron chi connectivity index (χ4n) is 4.44. The lowest BCUT2D eigenvalue weighted by Crippen LogP contribution is -2.46. The number of nitrogens with zero attached hydrogens (tertiary/aromatic N) is 3. The standard InChI is InChI=1S/C25H42N4O2/c1-21-9-13-28(14-10-21)20-23-7-5-22(6-8-23)19-27-25(26-2)29-15-11-24(12-16-29)31-18-4-17-30-3/h5-8,21,24H,4,9-20H2,1-3H3,(H,26,27). The zero-order valence-electron chi connectivity index (χ0n) is 19.8. The highest BCUT2D eigenvalue weighted by molar-refractivity contribution is 5.79. The van der Waals surface area contributed by atoms with Crippen molar-refractivity contribution in [1.82, 2.24) is 15.1 Å². The zero-order chi connectivity index (χ0) is 21.9. The number of guanidine groups is 1. The summed E-state index contributed by atoms with van der Waals surface area (Å²) in [5, 5.41) is 3.54. The minimum absolute atomic E-state index is 0.363. The number of ether oxygens (including phenoxy) is 2. The Balaban J connectivity index is 1.37. The second kappa shape index (κ2) is 13.0. The van der Waals surface area contributed by atoms with Crippen LogP contribution >= 0.6 is 0 Å². The van der Waals surface area contributed by atoms with Gasteiger partial charge in [0, 0.05) is 53.6 Å². The summed E-state index contributed by atoms with van der Waals surface area (Å²) in [5.41, 5.74) is 2.71. The first-order chi connectivity index (χ1) is 15.2. The maximum atomic E-state index is 5.98. The highest BCUT2D eigenvalue weighted by Gasteiger charge is 2.22. The topological polar surface area (TPSA) is 49.3 Å². The van der Waals surface area contributed by atoms with Gasteiger partial charge in [-0.2, -0.15) is 0 Å². The molecule has 2 heterocycles. The van der Waals surface area contributed by atoms with Crippen LogP contribution in [0.2, 0.25) is 0 Å². The smallest absolute Gasteiger partial charge is 0.193 e. The maximum Gasteiger partial charge on any atom is 0.193 e. The van der Waals surface area contributed by atoms with Gasteiger partial charge < -0.3 is 19.7 Å². The highest BCUT2D eigenvalue weighted by Crippen LogP contribution is 2.18. The number of aliphatic imine (C=N–C) groups is 1. The molecule has 0 amide bonds. The number of hydrogen-bond acceptors (Lipinski definition) is 4. The molecule has 3 rings (SSSR count). The van der Waals surface area contributed by atoms with E-state index in [1.165, 1.54) is 37.1 Å². The second-order valence-corrected chi connectivity index (χ2v) is 9.08. The lowest BCUT2D eigenvalue weighted by molar-refractivity contribution is 0.00989. The summed E-state index contributed by atoms with van der Waals surface area (Å²) in [6, 6.07) is 9.07. The second-order valence-electron chi connectivity index (χ2n) is 9.08. The zero-order valence-corrected chi connectivity index (χ0v) is 19.8. The average Bonchev–Trinajstić information content (AvgIpc) is 2.80. The van der Waals surface area contributed by atoms with Gasteiger partial charge in [0.1, 0.15) is 0 Å². The van der Waals surface area contributed by atoms with E-state index in [1.807, 2.05) is 7.05 Å². The van der Waals surface area contributed by atoms with Crippen LogP contribution in [0.5, 0.6) is 0 Å². The van der Waals surface area contributed by atoms with E-state index < -0.39 is 0 Å². The van der Waals surface area contributed by atoms with Crippen LogP contribution in [0.1, 0.15) is 50.2 Å². The van der Waals surface area contributed by atoms with Gasteiger partial charge in [-0.25, -0.2) is 0 Å². The van der Waals surface area contributed by atoms with E-state index in [0.717, 1.165) is 70.5 Å². The molecule has 0 saturated carbocycles. The number of rotatable bonds is 9. The molecule has 0 radical (unpaired) electrons. The molecule has 0 spiro atoms. The summed E-state index contributed by atoms with van der Waals surface area (Å²) in [6.07, 6.45) is 6.10. The molecule has 0 unspecified atom stereocenters.